The molecule has 5 heteroatoms. The highest BCUT2D eigenvalue weighted by molar-refractivity contribution is 7.10. The summed E-state index contributed by atoms with van der Waals surface area (Å²) in [6.45, 7) is 5.42. The van der Waals surface area contributed by atoms with E-state index in [1.165, 1.54) is 42.5 Å². The van der Waals surface area contributed by atoms with Crippen LogP contribution in [-0.4, -0.2) is 54.0 Å². The van der Waals surface area contributed by atoms with E-state index in [1.807, 2.05) is 11.3 Å². The van der Waals surface area contributed by atoms with Crippen LogP contribution < -0.4 is 5.32 Å². The molecule has 2 aliphatic heterocycles. The number of rotatable bonds is 2. The van der Waals surface area contributed by atoms with Crippen LogP contribution in [0.2, 0.25) is 0 Å². The topological polar surface area (TPSA) is 35.6 Å². The summed E-state index contributed by atoms with van der Waals surface area (Å²) in [4.78, 5) is 18.9. The number of carbonyl (C=O) groups excluding carboxylic acids is 1. The van der Waals surface area contributed by atoms with Gasteiger partial charge in [-0.15, -0.1) is 11.3 Å². The summed E-state index contributed by atoms with van der Waals surface area (Å²) < 4.78 is 0. The van der Waals surface area contributed by atoms with Crippen molar-refractivity contribution < 1.29 is 4.79 Å². The van der Waals surface area contributed by atoms with Crippen LogP contribution in [0, 0.1) is 0 Å². The van der Waals surface area contributed by atoms with Crippen molar-refractivity contribution in [2.24, 2.45) is 0 Å². The standard InChI is InChI=1S/C18H27N3OS/c22-17(20-9-4-16-15(12-20)5-11-23-16)13-21-10-8-19-14-18(21)6-2-1-3-7-18/h5,11,19H,1-4,6-10,12-14H2. The van der Waals surface area contributed by atoms with E-state index >= 15 is 0 Å². The summed E-state index contributed by atoms with van der Waals surface area (Å²) in [5, 5.41) is 5.73. The Labute approximate surface area is 142 Å². The molecule has 3 aliphatic rings. The Kier molecular flexibility index (Phi) is 4.43. The van der Waals surface area contributed by atoms with E-state index in [9.17, 15) is 4.79 Å². The highest BCUT2D eigenvalue weighted by atomic mass is 32.1. The van der Waals surface area contributed by atoms with Crippen molar-refractivity contribution in [3.05, 3.63) is 21.9 Å². The van der Waals surface area contributed by atoms with Crippen LogP contribution in [0.3, 0.4) is 0 Å². The lowest BCUT2D eigenvalue weighted by Crippen LogP contribution is -2.63. The molecule has 1 saturated carbocycles. The first-order chi connectivity index (χ1) is 11.3. The molecule has 1 spiro atoms. The van der Waals surface area contributed by atoms with Crippen molar-refractivity contribution in [1.82, 2.24) is 15.1 Å². The maximum atomic E-state index is 12.9. The molecule has 4 rings (SSSR count). The predicted molar refractivity (Wildman–Crippen MR) is 93.7 cm³/mol. The fraction of sp³-hybridized carbons (Fsp3) is 0.722. The number of piperazine rings is 1. The minimum Gasteiger partial charge on any atom is -0.337 e. The van der Waals surface area contributed by atoms with Gasteiger partial charge >= 0.3 is 0 Å². The summed E-state index contributed by atoms with van der Waals surface area (Å²) in [7, 11) is 0. The van der Waals surface area contributed by atoms with Gasteiger partial charge < -0.3 is 10.2 Å². The molecule has 0 atom stereocenters. The fourth-order valence-electron chi connectivity index (χ4n) is 4.56. The molecule has 1 amide bonds. The van der Waals surface area contributed by atoms with Gasteiger partial charge in [-0.05, 0) is 36.3 Å². The lowest BCUT2D eigenvalue weighted by molar-refractivity contribution is -0.136. The first-order valence-corrected chi connectivity index (χ1v) is 9.94. The lowest BCUT2D eigenvalue weighted by Gasteiger charge is -2.50. The average molecular weight is 334 g/mol. The van der Waals surface area contributed by atoms with E-state index in [0.717, 1.165) is 39.1 Å². The molecule has 1 N–H and O–H groups in total. The van der Waals surface area contributed by atoms with Crippen LogP contribution in [-0.2, 0) is 17.8 Å². The van der Waals surface area contributed by atoms with Crippen molar-refractivity contribution in [1.29, 1.82) is 0 Å². The number of hydrogen-bond acceptors (Lipinski definition) is 4. The Morgan fingerprint density at radius 3 is 3.00 bits per heavy atom. The zero-order chi connectivity index (χ0) is 15.7. The first kappa shape index (κ1) is 15.6. The summed E-state index contributed by atoms with van der Waals surface area (Å²) in [5.74, 6) is 0.327. The molecule has 2 fully saturated rings. The van der Waals surface area contributed by atoms with Crippen LogP contribution in [0.4, 0.5) is 0 Å². The second-order valence-electron chi connectivity index (χ2n) is 7.32. The van der Waals surface area contributed by atoms with E-state index in [2.05, 4.69) is 26.6 Å². The highest BCUT2D eigenvalue weighted by Crippen LogP contribution is 2.34. The van der Waals surface area contributed by atoms with Gasteiger partial charge in [0.25, 0.3) is 0 Å². The molecule has 0 bridgehead atoms. The van der Waals surface area contributed by atoms with Crippen LogP contribution in [0.25, 0.3) is 0 Å². The second kappa shape index (κ2) is 6.54. The Balaban J connectivity index is 1.43. The molecule has 1 aromatic rings. The Bertz CT molecular complexity index is 556. The largest absolute Gasteiger partial charge is 0.337 e. The Morgan fingerprint density at radius 2 is 2.13 bits per heavy atom. The van der Waals surface area contributed by atoms with Crippen molar-refractivity contribution in [2.75, 3.05) is 32.7 Å². The van der Waals surface area contributed by atoms with E-state index in [1.54, 1.807) is 0 Å². The molecule has 1 saturated heterocycles. The quantitative estimate of drug-likeness (QED) is 0.902. The third kappa shape index (κ3) is 3.06. The molecule has 1 aliphatic carbocycles. The van der Waals surface area contributed by atoms with Gasteiger partial charge in [-0.25, -0.2) is 0 Å². The zero-order valence-electron chi connectivity index (χ0n) is 13.9. The van der Waals surface area contributed by atoms with Gasteiger partial charge in [0.1, 0.15) is 0 Å². The molecule has 23 heavy (non-hydrogen) atoms. The smallest absolute Gasteiger partial charge is 0.237 e. The third-order valence-electron chi connectivity index (χ3n) is 5.95. The van der Waals surface area contributed by atoms with Crippen molar-refractivity contribution in [3.8, 4) is 0 Å². The van der Waals surface area contributed by atoms with Crippen LogP contribution >= 0.6 is 11.3 Å². The summed E-state index contributed by atoms with van der Waals surface area (Å²) in [5.41, 5.74) is 1.61. The molecule has 3 heterocycles. The predicted octanol–water partition coefficient (Wildman–Crippen LogP) is 2.24. The Hall–Kier alpha value is -0.910. The van der Waals surface area contributed by atoms with Gasteiger partial charge in [0.2, 0.25) is 5.91 Å². The number of nitrogens with zero attached hydrogens (tertiary/aromatic N) is 2. The average Bonchev–Trinajstić information content (AvgIpc) is 3.05. The third-order valence-corrected chi connectivity index (χ3v) is 6.98. The molecule has 0 radical (unpaired) electrons. The maximum Gasteiger partial charge on any atom is 0.237 e. The normalized spacial score (nSPS) is 24.6. The van der Waals surface area contributed by atoms with Crippen LogP contribution in [0.5, 0.6) is 0 Å². The van der Waals surface area contributed by atoms with Gasteiger partial charge in [-0.3, -0.25) is 9.69 Å². The van der Waals surface area contributed by atoms with Gasteiger partial charge in [0.05, 0.1) is 6.54 Å². The van der Waals surface area contributed by atoms with E-state index in [0.29, 0.717) is 12.5 Å². The number of nitrogens with one attached hydrogen (secondary N) is 1. The number of hydrogen-bond donors (Lipinski definition) is 1. The highest BCUT2D eigenvalue weighted by Gasteiger charge is 2.40. The zero-order valence-corrected chi connectivity index (χ0v) is 14.7. The monoisotopic (exact) mass is 333 g/mol. The number of amides is 1. The summed E-state index contributed by atoms with van der Waals surface area (Å²) >= 11 is 1.84. The molecule has 1 aromatic heterocycles. The number of thiophene rings is 1. The number of carbonyl (C=O) groups is 1. The van der Waals surface area contributed by atoms with E-state index in [-0.39, 0.29) is 5.54 Å². The minimum atomic E-state index is 0.246. The van der Waals surface area contributed by atoms with E-state index < -0.39 is 0 Å². The van der Waals surface area contributed by atoms with Crippen LogP contribution in [0.1, 0.15) is 42.5 Å². The Morgan fingerprint density at radius 1 is 1.26 bits per heavy atom. The van der Waals surface area contributed by atoms with Crippen LogP contribution in [0.15, 0.2) is 11.4 Å². The summed E-state index contributed by atoms with van der Waals surface area (Å²) in [6.07, 6.45) is 7.52. The first-order valence-electron chi connectivity index (χ1n) is 9.06. The van der Waals surface area contributed by atoms with Crippen molar-refractivity contribution in [3.63, 3.8) is 0 Å². The van der Waals surface area contributed by atoms with Gasteiger partial charge in [0, 0.05) is 43.1 Å². The van der Waals surface area contributed by atoms with Gasteiger partial charge in [0.15, 0.2) is 0 Å². The molecule has 4 nitrogen and oxygen atoms in total. The molecule has 0 aromatic carbocycles. The van der Waals surface area contributed by atoms with Crippen molar-refractivity contribution >= 4 is 17.2 Å². The summed E-state index contributed by atoms with van der Waals surface area (Å²) in [6, 6.07) is 2.19. The van der Waals surface area contributed by atoms with E-state index in [4.69, 9.17) is 0 Å². The maximum absolute atomic E-state index is 12.9. The fourth-order valence-corrected chi connectivity index (χ4v) is 5.45. The van der Waals surface area contributed by atoms with Crippen molar-refractivity contribution in [2.45, 2.75) is 50.6 Å². The minimum absolute atomic E-state index is 0.246. The lowest BCUT2D eigenvalue weighted by atomic mass is 9.79. The second-order valence-corrected chi connectivity index (χ2v) is 8.32. The molecule has 0 unspecified atom stereocenters. The molecular weight excluding hydrogens is 306 g/mol. The van der Waals surface area contributed by atoms with Gasteiger partial charge in [-0.2, -0.15) is 0 Å². The van der Waals surface area contributed by atoms with Gasteiger partial charge in [-0.1, -0.05) is 19.3 Å². The number of fused-ring (bicyclic) bond motifs is 1. The molecular formula is C18H27N3OS. The SMILES string of the molecule is O=C(CN1CCNCC12CCCCC2)N1CCc2sccc2C1. The molecule has 126 valence electrons.